The number of hydrogen-bond acceptors (Lipinski definition) is 4. The summed E-state index contributed by atoms with van der Waals surface area (Å²) in [5.41, 5.74) is 1.10. The Labute approximate surface area is 132 Å². The molecule has 0 unspecified atom stereocenters. The van der Waals surface area contributed by atoms with Crippen LogP contribution in [0.4, 0.5) is 5.82 Å². The van der Waals surface area contributed by atoms with E-state index >= 15 is 0 Å². The van der Waals surface area contributed by atoms with Crippen molar-refractivity contribution < 1.29 is 0 Å². The summed E-state index contributed by atoms with van der Waals surface area (Å²) >= 11 is 5.24. The fourth-order valence-electron chi connectivity index (χ4n) is 1.75. The summed E-state index contributed by atoms with van der Waals surface area (Å²) in [7, 11) is 0. The van der Waals surface area contributed by atoms with Crippen LogP contribution in [0, 0.1) is 13.8 Å². The summed E-state index contributed by atoms with van der Waals surface area (Å²) < 4.78 is 1.09. The molecule has 0 aliphatic heterocycles. The molecule has 0 aliphatic carbocycles. The number of aromatic nitrogens is 2. The first-order valence-electron chi connectivity index (χ1n) is 6.63. The molecule has 0 aliphatic rings. The van der Waals surface area contributed by atoms with Crippen molar-refractivity contribution in [3.05, 3.63) is 40.1 Å². The Morgan fingerprint density at radius 1 is 1.20 bits per heavy atom. The van der Waals surface area contributed by atoms with Gasteiger partial charge in [-0.25, -0.2) is 9.97 Å². The van der Waals surface area contributed by atoms with Gasteiger partial charge in [0.1, 0.15) is 16.7 Å². The zero-order chi connectivity index (χ0) is 14.5. The lowest BCUT2D eigenvalue weighted by Crippen LogP contribution is -2.07. The van der Waals surface area contributed by atoms with Crippen LogP contribution in [0.1, 0.15) is 24.7 Å². The fourth-order valence-corrected chi connectivity index (χ4v) is 3.22. The number of nitrogens with one attached hydrogen (secondary N) is 1. The first kappa shape index (κ1) is 15.3. The first-order chi connectivity index (χ1) is 9.61. The molecule has 106 valence electrons. The van der Waals surface area contributed by atoms with Crippen molar-refractivity contribution in [3.8, 4) is 0 Å². The highest BCUT2D eigenvalue weighted by Crippen LogP contribution is 2.35. The van der Waals surface area contributed by atoms with Gasteiger partial charge in [0.25, 0.3) is 0 Å². The summed E-state index contributed by atoms with van der Waals surface area (Å²) in [4.78, 5) is 10.2. The topological polar surface area (TPSA) is 37.8 Å². The van der Waals surface area contributed by atoms with Crippen LogP contribution in [0.2, 0.25) is 0 Å². The van der Waals surface area contributed by atoms with Crippen LogP contribution < -0.4 is 5.32 Å². The van der Waals surface area contributed by atoms with Crippen LogP contribution >= 0.6 is 27.7 Å². The Morgan fingerprint density at radius 3 is 2.65 bits per heavy atom. The Morgan fingerprint density at radius 2 is 1.95 bits per heavy atom. The average molecular weight is 352 g/mol. The second-order valence-corrected chi connectivity index (χ2v) is 6.39. The first-order valence-corrected chi connectivity index (χ1v) is 8.24. The van der Waals surface area contributed by atoms with Crippen LogP contribution in [0.3, 0.4) is 0 Å². The van der Waals surface area contributed by atoms with Crippen LogP contribution in [0.5, 0.6) is 0 Å². The van der Waals surface area contributed by atoms with Gasteiger partial charge in [-0.3, -0.25) is 0 Å². The molecule has 0 saturated heterocycles. The summed E-state index contributed by atoms with van der Waals surface area (Å²) in [5, 5.41) is 4.37. The van der Waals surface area contributed by atoms with Gasteiger partial charge in [0.05, 0.1) is 0 Å². The highest BCUT2D eigenvalue weighted by Gasteiger charge is 2.11. The molecule has 3 nitrogen and oxygen atoms in total. The van der Waals surface area contributed by atoms with E-state index in [1.807, 2.05) is 25.1 Å². The average Bonchev–Trinajstić information content (AvgIpc) is 2.43. The normalized spacial score (nSPS) is 10.6. The third-order valence-electron chi connectivity index (χ3n) is 2.80. The molecule has 2 aromatic rings. The van der Waals surface area contributed by atoms with E-state index in [0.717, 1.165) is 44.6 Å². The van der Waals surface area contributed by atoms with Gasteiger partial charge < -0.3 is 5.32 Å². The number of rotatable bonds is 5. The minimum atomic E-state index is 0.795. The molecular formula is C15H18BrN3S. The van der Waals surface area contributed by atoms with E-state index in [1.54, 1.807) is 11.8 Å². The van der Waals surface area contributed by atoms with Gasteiger partial charge >= 0.3 is 0 Å². The van der Waals surface area contributed by atoms with Crippen molar-refractivity contribution in [2.45, 2.75) is 37.1 Å². The standard InChI is InChI=1S/C15H18BrN3S/c1-4-9-17-14-10(2)15(19-11(3)18-14)20-13-8-6-5-7-12(13)16/h5-8H,4,9H2,1-3H3,(H,17,18,19). The second-order valence-electron chi connectivity index (χ2n) is 4.51. The number of benzene rings is 1. The molecule has 0 fully saturated rings. The van der Waals surface area contributed by atoms with Crippen molar-refractivity contribution >= 4 is 33.5 Å². The van der Waals surface area contributed by atoms with Gasteiger partial charge in [-0.1, -0.05) is 30.8 Å². The van der Waals surface area contributed by atoms with Gasteiger partial charge in [-0.15, -0.1) is 0 Å². The van der Waals surface area contributed by atoms with Crippen molar-refractivity contribution in [3.63, 3.8) is 0 Å². The maximum atomic E-state index is 4.57. The number of nitrogens with zero attached hydrogens (tertiary/aromatic N) is 2. The van der Waals surface area contributed by atoms with Crippen molar-refractivity contribution in [2.24, 2.45) is 0 Å². The fraction of sp³-hybridized carbons (Fsp3) is 0.333. The predicted molar refractivity (Wildman–Crippen MR) is 88.6 cm³/mol. The van der Waals surface area contributed by atoms with E-state index < -0.39 is 0 Å². The number of hydrogen-bond donors (Lipinski definition) is 1. The summed E-state index contributed by atoms with van der Waals surface area (Å²) in [6.45, 7) is 7.07. The molecule has 1 heterocycles. The van der Waals surface area contributed by atoms with Crippen LogP contribution in [-0.4, -0.2) is 16.5 Å². The molecular weight excluding hydrogens is 334 g/mol. The lowest BCUT2D eigenvalue weighted by Gasteiger charge is -2.12. The molecule has 1 aromatic carbocycles. The summed E-state index contributed by atoms with van der Waals surface area (Å²) in [6.07, 6.45) is 1.08. The quantitative estimate of drug-likeness (QED) is 0.783. The minimum absolute atomic E-state index is 0.795. The largest absolute Gasteiger partial charge is 0.370 e. The highest BCUT2D eigenvalue weighted by atomic mass is 79.9. The van der Waals surface area contributed by atoms with Gasteiger partial charge in [0.15, 0.2) is 0 Å². The summed E-state index contributed by atoms with van der Waals surface area (Å²) in [5.74, 6) is 1.73. The Bertz CT molecular complexity index is 602. The number of aryl methyl sites for hydroxylation is 1. The highest BCUT2D eigenvalue weighted by molar-refractivity contribution is 9.10. The maximum absolute atomic E-state index is 4.57. The molecule has 0 spiro atoms. The monoisotopic (exact) mass is 351 g/mol. The molecule has 5 heteroatoms. The number of halogens is 1. The second kappa shape index (κ2) is 7.09. The van der Waals surface area contributed by atoms with Gasteiger partial charge in [-0.2, -0.15) is 0 Å². The van der Waals surface area contributed by atoms with Gasteiger partial charge in [0.2, 0.25) is 0 Å². The SMILES string of the molecule is CCCNc1nc(C)nc(Sc2ccccc2Br)c1C. The molecule has 0 saturated carbocycles. The van der Waals surface area contributed by atoms with Gasteiger partial charge in [0, 0.05) is 21.5 Å². The molecule has 0 amide bonds. The van der Waals surface area contributed by atoms with Crippen LogP contribution in [-0.2, 0) is 0 Å². The lowest BCUT2D eigenvalue weighted by atomic mass is 10.3. The molecule has 2 rings (SSSR count). The van der Waals surface area contributed by atoms with E-state index in [9.17, 15) is 0 Å². The number of anilines is 1. The zero-order valence-electron chi connectivity index (χ0n) is 11.9. The van der Waals surface area contributed by atoms with Gasteiger partial charge in [-0.05, 0) is 48.3 Å². The van der Waals surface area contributed by atoms with E-state index in [2.05, 4.69) is 51.1 Å². The van der Waals surface area contributed by atoms with Crippen molar-refractivity contribution in [2.75, 3.05) is 11.9 Å². The zero-order valence-corrected chi connectivity index (χ0v) is 14.3. The predicted octanol–water partition coefficient (Wildman–Crippen LogP) is 4.83. The summed E-state index contributed by atoms with van der Waals surface area (Å²) in [6, 6.07) is 8.18. The molecule has 0 radical (unpaired) electrons. The Kier molecular flexibility index (Phi) is 5.43. The molecule has 20 heavy (non-hydrogen) atoms. The lowest BCUT2D eigenvalue weighted by molar-refractivity contribution is 0.908. The van der Waals surface area contributed by atoms with Crippen molar-refractivity contribution in [1.29, 1.82) is 0 Å². The van der Waals surface area contributed by atoms with E-state index in [-0.39, 0.29) is 0 Å². The smallest absolute Gasteiger partial charge is 0.133 e. The third kappa shape index (κ3) is 3.73. The molecule has 0 bridgehead atoms. The van der Waals surface area contributed by atoms with Crippen molar-refractivity contribution in [1.82, 2.24) is 9.97 Å². The Balaban J connectivity index is 2.32. The van der Waals surface area contributed by atoms with Crippen LogP contribution in [0.25, 0.3) is 0 Å². The molecule has 1 N–H and O–H groups in total. The van der Waals surface area contributed by atoms with Crippen LogP contribution in [0.15, 0.2) is 38.7 Å². The maximum Gasteiger partial charge on any atom is 0.133 e. The van der Waals surface area contributed by atoms with E-state index in [0.29, 0.717) is 0 Å². The van der Waals surface area contributed by atoms with E-state index in [1.165, 1.54) is 0 Å². The minimum Gasteiger partial charge on any atom is -0.370 e. The Hall–Kier alpha value is -1.07. The molecule has 1 aromatic heterocycles. The third-order valence-corrected chi connectivity index (χ3v) is 4.92. The van der Waals surface area contributed by atoms with E-state index in [4.69, 9.17) is 0 Å². The molecule has 0 atom stereocenters.